The summed E-state index contributed by atoms with van der Waals surface area (Å²) in [6, 6.07) is 5.07. The van der Waals surface area contributed by atoms with Crippen LogP contribution in [0.25, 0.3) is 0 Å². The van der Waals surface area contributed by atoms with Gasteiger partial charge in [0.05, 0.1) is 13.2 Å². The topological polar surface area (TPSA) is 70.8 Å². The lowest BCUT2D eigenvalue weighted by molar-refractivity contribution is 0.0333. The molecule has 1 aromatic carbocycles. The minimum absolute atomic E-state index is 0.201. The van der Waals surface area contributed by atoms with Crippen LogP contribution in [-0.2, 0) is 9.47 Å². The first-order valence-corrected chi connectivity index (χ1v) is 5.96. The summed E-state index contributed by atoms with van der Waals surface area (Å²) in [5.74, 6) is -0.0461. The molecule has 1 rings (SSSR count). The van der Waals surface area contributed by atoms with E-state index in [0.717, 1.165) is 0 Å². The predicted octanol–water partition coefficient (Wildman–Crippen LogP) is 1.86. The lowest BCUT2D eigenvalue weighted by Gasteiger charge is -2.12. The van der Waals surface area contributed by atoms with E-state index in [1.165, 1.54) is 0 Å². The number of hydrogen-bond acceptors (Lipinski definition) is 5. The molecule has 2 N–H and O–H groups in total. The maximum Gasteiger partial charge on any atom is 0.344 e. The van der Waals surface area contributed by atoms with Gasteiger partial charge in [0.15, 0.2) is 0 Å². The van der Waals surface area contributed by atoms with Crippen LogP contribution < -0.4 is 10.5 Å². The fourth-order valence-corrected chi connectivity index (χ4v) is 1.45. The summed E-state index contributed by atoms with van der Waals surface area (Å²) in [6.45, 7) is 5.35. The maximum atomic E-state index is 11.9. The molecule has 0 atom stereocenters. The smallest absolute Gasteiger partial charge is 0.344 e. The Hall–Kier alpha value is -1.75. The van der Waals surface area contributed by atoms with Crippen molar-refractivity contribution in [2.45, 2.75) is 13.8 Å². The highest BCUT2D eigenvalue weighted by Gasteiger charge is 2.17. The van der Waals surface area contributed by atoms with Crippen molar-refractivity contribution in [2.75, 3.05) is 32.2 Å². The standard InChI is InChI=1S/C13H19NO4/c1-3-16-8-9-18-13(15)12-10(14)6-5-7-11(12)17-4-2/h5-7H,3-4,8-9,14H2,1-2H3. The molecule has 0 aliphatic carbocycles. The monoisotopic (exact) mass is 253 g/mol. The molecule has 5 heteroatoms. The molecule has 0 aliphatic rings. The third kappa shape index (κ3) is 3.92. The Morgan fingerprint density at radius 2 is 2.00 bits per heavy atom. The van der Waals surface area contributed by atoms with Crippen molar-refractivity contribution in [1.29, 1.82) is 0 Å². The third-order valence-electron chi connectivity index (χ3n) is 2.23. The lowest BCUT2D eigenvalue weighted by Crippen LogP contribution is -2.14. The molecule has 0 fully saturated rings. The molecule has 0 spiro atoms. The second-order valence-corrected chi connectivity index (χ2v) is 3.49. The van der Waals surface area contributed by atoms with Gasteiger partial charge in [0, 0.05) is 12.3 Å². The zero-order chi connectivity index (χ0) is 13.4. The molecule has 0 saturated carbocycles. The van der Waals surface area contributed by atoms with Crippen LogP contribution in [0.2, 0.25) is 0 Å². The van der Waals surface area contributed by atoms with E-state index in [2.05, 4.69) is 0 Å². The van der Waals surface area contributed by atoms with E-state index >= 15 is 0 Å². The van der Waals surface area contributed by atoms with E-state index in [-0.39, 0.29) is 12.2 Å². The van der Waals surface area contributed by atoms with Gasteiger partial charge in [-0.25, -0.2) is 4.79 Å². The highest BCUT2D eigenvalue weighted by molar-refractivity contribution is 5.98. The molecule has 0 bridgehead atoms. The molecule has 0 heterocycles. The zero-order valence-electron chi connectivity index (χ0n) is 10.8. The molecular formula is C13H19NO4. The highest BCUT2D eigenvalue weighted by atomic mass is 16.6. The molecular weight excluding hydrogens is 234 g/mol. The minimum atomic E-state index is -0.490. The van der Waals surface area contributed by atoms with E-state index < -0.39 is 5.97 Å². The number of ether oxygens (including phenoxy) is 3. The van der Waals surface area contributed by atoms with Gasteiger partial charge >= 0.3 is 5.97 Å². The summed E-state index contributed by atoms with van der Waals surface area (Å²) in [5, 5.41) is 0. The average Bonchev–Trinajstić information content (AvgIpc) is 2.35. The number of carbonyl (C=O) groups excluding carboxylic acids is 1. The van der Waals surface area contributed by atoms with E-state index in [1.807, 2.05) is 13.8 Å². The zero-order valence-corrected chi connectivity index (χ0v) is 10.8. The minimum Gasteiger partial charge on any atom is -0.493 e. The van der Waals surface area contributed by atoms with Gasteiger partial charge in [-0.1, -0.05) is 6.07 Å². The largest absolute Gasteiger partial charge is 0.493 e. The van der Waals surface area contributed by atoms with E-state index in [4.69, 9.17) is 19.9 Å². The molecule has 0 unspecified atom stereocenters. The molecule has 0 radical (unpaired) electrons. The molecule has 1 aromatic rings. The Morgan fingerprint density at radius 1 is 1.22 bits per heavy atom. The van der Waals surface area contributed by atoms with Crippen LogP contribution in [-0.4, -0.2) is 32.4 Å². The third-order valence-corrected chi connectivity index (χ3v) is 2.23. The van der Waals surface area contributed by atoms with Crippen molar-refractivity contribution in [3.63, 3.8) is 0 Å². The normalized spacial score (nSPS) is 10.1. The Kier molecular flexibility index (Phi) is 6.00. The number of rotatable bonds is 7. The molecule has 5 nitrogen and oxygen atoms in total. The first-order valence-electron chi connectivity index (χ1n) is 5.96. The van der Waals surface area contributed by atoms with Crippen molar-refractivity contribution >= 4 is 11.7 Å². The molecule has 0 aromatic heterocycles. The van der Waals surface area contributed by atoms with Crippen molar-refractivity contribution in [1.82, 2.24) is 0 Å². The molecule has 100 valence electrons. The fraction of sp³-hybridized carbons (Fsp3) is 0.462. The Bertz CT molecular complexity index is 393. The first-order chi connectivity index (χ1) is 8.70. The van der Waals surface area contributed by atoms with Crippen molar-refractivity contribution < 1.29 is 19.0 Å². The van der Waals surface area contributed by atoms with Crippen LogP contribution in [0, 0.1) is 0 Å². The van der Waals surface area contributed by atoms with Gasteiger partial charge in [-0.3, -0.25) is 0 Å². The van der Waals surface area contributed by atoms with Gasteiger partial charge < -0.3 is 19.9 Å². The second kappa shape index (κ2) is 7.55. The van der Waals surface area contributed by atoms with E-state index in [0.29, 0.717) is 31.3 Å². The maximum absolute atomic E-state index is 11.9. The van der Waals surface area contributed by atoms with Gasteiger partial charge in [0.1, 0.15) is 17.9 Å². The SMILES string of the molecule is CCOCCOC(=O)c1c(N)cccc1OCC. The number of benzene rings is 1. The van der Waals surface area contributed by atoms with Crippen LogP contribution in [0.3, 0.4) is 0 Å². The van der Waals surface area contributed by atoms with Crippen LogP contribution in [0.1, 0.15) is 24.2 Å². The highest BCUT2D eigenvalue weighted by Crippen LogP contribution is 2.25. The molecule has 0 aliphatic heterocycles. The Morgan fingerprint density at radius 3 is 2.67 bits per heavy atom. The Labute approximate surface area is 107 Å². The summed E-state index contributed by atoms with van der Waals surface area (Å²) < 4.78 is 15.5. The van der Waals surface area contributed by atoms with Gasteiger partial charge in [-0.05, 0) is 26.0 Å². The van der Waals surface area contributed by atoms with Crippen molar-refractivity contribution in [3.8, 4) is 5.75 Å². The molecule has 0 saturated heterocycles. The Balaban J connectivity index is 2.71. The summed E-state index contributed by atoms with van der Waals surface area (Å²) in [5.41, 5.74) is 6.39. The number of carbonyl (C=O) groups is 1. The molecule has 18 heavy (non-hydrogen) atoms. The van der Waals surface area contributed by atoms with Crippen molar-refractivity contribution in [3.05, 3.63) is 23.8 Å². The number of esters is 1. The first kappa shape index (κ1) is 14.3. The number of nitrogen functional groups attached to an aromatic ring is 1. The number of nitrogens with two attached hydrogens (primary N) is 1. The van der Waals surface area contributed by atoms with Gasteiger partial charge in [-0.2, -0.15) is 0 Å². The fourth-order valence-electron chi connectivity index (χ4n) is 1.45. The lowest BCUT2D eigenvalue weighted by atomic mass is 10.1. The predicted molar refractivity (Wildman–Crippen MR) is 68.8 cm³/mol. The quantitative estimate of drug-likeness (QED) is 0.456. The van der Waals surface area contributed by atoms with Crippen LogP contribution in [0.15, 0.2) is 18.2 Å². The van der Waals surface area contributed by atoms with E-state index in [1.54, 1.807) is 18.2 Å². The molecule has 0 amide bonds. The van der Waals surface area contributed by atoms with Crippen LogP contribution in [0.4, 0.5) is 5.69 Å². The van der Waals surface area contributed by atoms with Gasteiger partial charge in [0.25, 0.3) is 0 Å². The number of hydrogen-bond donors (Lipinski definition) is 1. The summed E-state index contributed by atoms with van der Waals surface area (Å²) in [4.78, 5) is 11.9. The number of anilines is 1. The van der Waals surface area contributed by atoms with Gasteiger partial charge in [-0.15, -0.1) is 0 Å². The van der Waals surface area contributed by atoms with Gasteiger partial charge in [0.2, 0.25) is 0 Å². The van der Waals surface area contributed by atoms with E-state index in [9.17, 15) is 4.79 Å². The second-order valence-electron chi connectivity index (χ2n) is 3.49. The summed E-state index contributed by atoms with van der Waals surface area (Å²) >= 11 is 0. The van der Waals surface area contributed by atoms with Crippen molar-refractivity contribution in [2.24, 2.45) is 0 Å². The van der Waals surface area contributed by atoms with Crippen LogP contribution >= 0.6 is 0 Å². The summed E-state index contributed by atoms with van der Waals surface area (Å²) in [6.07, 6.45) is 0. The average molecular weight is 253 g/mol. The van der Waals surface area contributed by atoms with Crippen LogP contribution in [0.5, 0.6) is 5.75 Å². The summed E-state index contributed by atoms with van der Waals surface area (Å²) in [7, 11) is 0.